The second-order valence-corrected chi connectivity index (χ2v) is 5.66. The van der Waals surface area contributed by atoms with E-state index in [0.717, 1.165) is 6.07 Å². The van der Waals surface area contributed by atoms with Crippen LogP contribution in [-0.2, 0) is 4.74 Å². The standard InChI is InChI=1S/C18H15N3O6/c1-10(16-19-13-6-4-3-5-12(13)17(22)20-16)27-18(23)11-7-8-15(26-2)14(9-11)21(24)25/h3-10H,1-2H3,(H,19,20,22)/t10-/m1/s1. The lowest BCUT2D eigenvalue weighted by Crippen LogP contribution is -2.17. The first kappa shape index (κ1) is 18.1. The molecule has 0 aliphatic carbocycles. The van der Waals surface area contributed by atoms with E-state index in [1.54, 1.807) is 31.2 Å². The van der Waals surface area contributed by atoms with Crippen LogP contribution in [0.15, 0.2) is 47.3 Å². The first-order valence-electron chi connectivity index (χ1n) is 7.93. The minimum atomic E-state index is -0.865. The number of carbonyl (C=O) groups excluding carboxylic acids is 1. The summed E-state index contributed by atoms with van der Waals surface area (Å²) in [5.74, 6) is -0.579. The van der Waals surface area contributed by atoms with Crippen LogP contribution >= 0.6 is 0 Å². The number of aromatic amines is 1. The average Bonchev–Trinajstić information content (AvgIpc) is 2.67. The molecule has 2 aromatic carbocycles. The summed E-state index contributed by atoms with van der Waals surface area (Å²) < 4.78 is 10.2. The van der Waals surface area contributed by atoms with Crippen molar-refractivity contribution >= 4 is 22.6 Å². The number of aromatic nitrogens is 2. The Morgan fingerprint density at radius 1 is 1.26 bits per heavy atom. The van der Waals surface area contributed by atoms with Gasteiger partial charge in [0, 0.05) is 6.07 Å². The van der Waals surface area contributed by atoms with Crippen molar-refractivity contribution in [1.29, 1.82) is 0 Å². The molecule has 0 amide bonds. The van der Waals surface area contributed by atoms with E-state index in [4.69, 9.17) is 9.47 Å². The third kappa shape index (κ3) is 3.61. The smallest absolute Gasteiger partial charge is 0.339 e. The number of methoxy groups -OCH3 is 1. The number of carbonyl (C=O) groups is 1. The molecule has 1 atom stereocenters. The van der Waals surface area contributed by atoms with Gasteiger partial charge >= 0.3 is 11.7 Å². The number of ether oxygens (including phenoxy) is 2. The van der Waals surface area contributed by atoms with E-state index >= 15 is 0 Å². The first-order valence-corrected chi connectivity index (χ1v) is 7.93. The van der Waals surface area contributed by atoms with E-state index in [2.05, 4.69) is 9.97 Å². The summed E-state index contributed by atoms with van der Waals surface area (Å²) in [4.78, 5) is 41.8. The maximum atomic E-state index is 12.3. The van der Waals surface area contributed by atoms with Crippen molar-refractivity contribution in [3.63, 3.8) is 0 Å². The number of para-hydroxylation sites is 1. The predicted octanol–water partition coefficient (Wildman–Crippen LogP) is 2.76. The van der Waals surface area contributed by atoms with Crippen molar-refractivity contribution in [3.8, 4) is 5.75 Å². The third-order valence-electron chi connectivity index (χ3n) is 3.91. The molecular formula is C18H15N3O6. The molecular weight excluding hydrogens is 354 g/mol. The average molecular weight is 369 g/mol. The number of nitro benzene ring substituents is 1. The van der Waals surface area contributed by atoms with Gasteiger partial charge in [0.05, 0.1) is 28.5 Å². The normalized spacial score (nSPS) is 11.8. The quantitative estimate of drug-likeness (QED) is 0.416. The van der Waals surface area contributed by atoms with Crippen molar-refractivity contribution in [2.24, 2.45) is 0 Å². The van der Waals surface area contributed by atoms with E-state index in [9.17, 15) is 19.7 Å². The van der Waals surface area contributed by atoms with Gasteiger partial charge < -0.3 is 14.5 Å². The maximum absolute atomic E-state index is 12.3. The summed E-state index contributed by atoms with van der Waals surface area (Å²) in [7, 11) is 1.30. The Morgan fingerprint density at radius 2 is 2.00 bits per heavy atom. The van der Waals surface area contributed by atoms with Gasteiger partial charge in [0.2, 0.25) is 0 Å². The Morgan fingerprint density at radius 3 is 2.70 bits per heavy atom. The van der Waals surface area contributed by atoms with Crippen LogP contribution in [0.3, 0.4) is 0 Å². The van der Waals surface area contributed by atoms with Crippen LogP contribution in [0.5, 0.6) is 5.75 Å². The molecule has 0 saturated heterocycles. The van der Waals surface area contributed by atoms with Crippen LogP contribution in [0.4, 0.5) is 5.69 Å². The van der Waals surface area contributed by atoms with E-state index in [0.29, 0.717) is 10.9 Å². The molecule has 3 rings (SSSR count). The van der Waals surface area contributed by atoms with Crippen LogP contribution in [0, 0.1) is 10.1 Å². The Balaban J connectivity index is 1.87. The Kier molecular flexibility index (Phi) is 4.84. The number of H-pyrrole nitrogens is 1. The number of nitrogens with zero attached hydrogens (tertiary/aromatic N) is 2. The number of rotatable bonds is 5. The number of hydrogen-bond donors (Lipinski definition) is 1. The van der Waals surface area contributed by atoms with Crippen LogP contribution in [-0.4, -0.2) is 28.0 Å². The van der Waals surface area contributed by atoms with E-state index in [1.807, 2.05) is 0 Å². The van der Waals surface area contributed by atoms with Crippen molar-refractivity contribution in [1.82, 2.24) is 9.97 Å². The zero-order valence-electron chi connectivity index (χ0n) is 14.5. The lowest BCUT2D eigenvalue weighted by molar-refractivity contribution is -0.385. The number of nitrogens with one attached hydrogen (secondary N) is 1. The number of hydrogen-bond acceptors (Lipinski definition) is 7. The van der Waals surface area contributed by atoms with Crippen molar-refractivity contribution in [2.45, 2.75) is 13.0 Å². The topological polar surface area (TPSA) is 124 Å². The molecule has 9 nitrogen and oxygen atoms in total. The minimum Gasteiger partial charge on any atom is -0.490 e. The molecule has 0 aliphatic heterocycles. The monoisotopic (exact) mass is 369 g/mol. The second-order valence-electron chi connectivity index (χ2n) is 5.66. The van der Waals surface area contributed by atoms with Crippen molar-refractivity contribution < 1.29 is 19.2 Å². The highest BCUT2D eigenvalue weighted by Gasteiger charge is 2.21. The summed E-state index contributed by atoms with van der Waals surface area (Å²) in [6, 6.07) is 10.5. The van der Waals surface area contributed by atoms with Gasteiger partial charge in [-0.2, -0.15) is 0 Å². The largest absolute Gasteiger partial charge is 0.490 e. The molecule has 9 heteroatoms. The lowest BCUT2D eigenvalue weighted by Gasteiger charge is -2.13. The molecule has 0 saturated carbocycles. The molecule has 0 radical (unpaired) electrons. The molecule has 0 bridgehead atoms. The Bertz CT molecular complexity index is 1090. The summed E-state index contributed by atoms with van der Waals surface area (Å²) in [5, 5.41) is 11.5. The zero-order chi connectivity index (χ0) is 19.6. The van der Waals surface area contributed by atoms with Gasteiger partial charge in [-0.15, -0.1) is 0 Å². The molecule has 1 aromatic heterocycles. The van der Waals surface area contributed by atoms with E-state index in [1.165, 1.54) is 19.2 Å². The van der Waals surface area contributed by atoms with Crippen LogP contribution < -0.4 is 10.3 Å². The van der Waals surface area contributed by atoms with Gasteiger partial charge in [-0.25, -0.2) is 9.78 Å². The van der Waals surface area contributed by atoms with E-state index in [-0.39, 0.29) is 28.4 Å². The van der Waals surface area contributed by atoms with Gasteiger partial charge in [-0.3, -0.25) is 14.9 Å². The third-order valence-corrected chi connectivity index (χ3v) is 3.91. The van der Waals surface area contributed by atoms with Gasteiger partial charge in [0.25, 0.3) is 5.56 Å². The molecule has 3 aromatic rings. The summed E-state index contributed by atoms with van der Waals surface area (Å²) in [5.41, 5.74) is -0.243. The molecule has 27 heavy (non-hydrogen) atoms. The van der Waals surface area contributed by atoms with Crippen LogP contribution in [0.25, 0.3) is 10.9 Å². The SMILES string of the molecule is COc1ccc(C(=O)O[C@H](C)c2nc3ccccc3c(=O)[nH]2)cc1[N+](=O)[O-]. The van der Waals surface area contributed by atoms with Gasteiger partial charge in [-0.1, -0.05) is 12.1 Å². The zero-order valence-corrected chi connectivity index (χ0v) is 14.5. The predicted molar refractivity (Wildman–Crippen MR) is 95.8 cm³/mol. The Hall–Kier alpha value is -3.75. The fraction of sp³-hybridized carbons (Fsp3) is 0.167. The molecule has 0 aliphatic rings. The lowest BCUT2D eigenvalue weighted by atomic mass is 10.2. The minimum absolute atomic E-state index is 0.0162. The van der Waals surface area contributed by atoms with E-state index < -0.39 is 17.0 Å². The van der Waals surface area contributed by atoms with Crippen molar-refractivity contribution in [2.75, 3.05) is 7.11 Å². The number of fused-ring (bicyclic) bond motifs is 1. The number of esters is 1. The highest BCUT2D eigenvalue weighted by atomic mass is 16.6. The summed E-state index contributed by atoms with van der Waals surface area (Å²) >= 11 is 0. The number of benzene rings is 2. The van der Waals surface area contributed by atoms with Crippen LogP contribution in [0.1, 0.15) is 29.2 Å². The molecule has 1 N–H and O–H groups in total. The summed E-state index contributed by atoms with van der Waals surface area (Å²) in [6.07, 6.45) is -0.865. The van der Waals surface area contributed by atoms with Gasteiger partial charge in [-0.05, 0) is 31.2 Å². The molecule has 1 heterocycles. The maximum Gasteiger partial charge on any atom is 0.339 e. The van der Waals surface area contributed by atoms with Gasteiger partial charge in [0.1, 0.15) is 0 Å². The fourth-order valence-corrected chi connectivity index (χ4v) is 2.54. The second kappa shape index (κ2) is 7.24. The molecule has 0 unspecified atom stereocenters. The highest BCUT2D eigenvalue weighted by molar-refractivity contribution is 5.90. The highest BCUT2D eigenvalue weighted by Crippen LogP contribution is 2.28. The fourth-order valence-electron chi connectivity index (χ4n) is 2.54. The molecule has 0 spiro atoms. The van der Waals surface area contributed by atoms with Gasteiger partial charge in [0.15, 0.2) is 17.7 Å². The van der Waals surface area contributed by atoms with Crippen LogP contribution in [0.2, 0.25) is 0 Å². The van der Waals surface area contributed by atoms with Crippen molar-refractivity contribution in [3.05, 3.63) is 74.3 Å². The molecule has 0 fully saturated rings. The Labute approximate surface area is 152 Å². The molecule has 138 valence electrons. The first-order chi connectivity index (χ1) is 12.9. The number of nitro groups is 1. The summed E-state index contributed by atoms with van der Waals surface area (Å²) in [6.45, 7) is 1.54.